The molecule has 0 unspecified atom stereocenters. The molecular formula is C8H6N2O2. The summed E-state index contributed by atoms with van der Waals surface area (Å²) in [6.45, 7) is 0. The lowest BCUT2D eigenvalue weighted by molar-refractivity contribution is 1.53. The van der Waals surface area contributed by atoms with Crippen molar-refractivity contribution in [3.63, 3.8) is 0 Å². The number of hydrogen-bond acceptors (Lipinski definition) is 4. The van der Waals surface area contributed by atoms with Crippen LogP contribution >= 0.6 is 0 Å². The summed E-state index contributed by atoms with van der Waals surface area (Å²) in [7, 11) is 0. The summed E-state index contributed by atoms with van der Waals surface area (Å²) in [4.78, 5) is 21.9. The van der Waals surface area contributed by atoms with Crippen molar-refractivity contribution in [2.24, 2.45) is 0 Å². The van der Waals surface area contributed by atoms with Crippen LogP contribution in [0.1, 0.15) is 0 Å². The molecule has 4 heteroatoms. The van der Waals surface area contributed by atoms with Gasteiger partial charge in [0.1, 0.15) is 0 Å². The van der Waals surface area contributed by atoms with Crippen LogP contribution < -0.4 is 22.3 Å². The summed E-state index contributed by atoms with van der Waals surface area (Å²) in [5.74, 6) is 0. The molecule has 0 saturated carbocycles. The van der Waals surface area contributed by atoms with Gasteiger partial charge < -0.3 is 11.5 Å². The third-order valence-corrected chi connectivity index (χ3v) is 1.93. The van der Waals surface area contributed by atoms with Crippen LogP contribution in [0.25, 0.3) is 10.8 Å². The van der Waals surface area contributed by atoms with Crippen molar-refractivity contribution >= 4 is 22.1 Å². The number of benzene rings is 1. The molecule has 0 atom stereocenters. The van der Waals surface area contributed by atoms with Crippen LogP contribution in [0, 0.1) is 0 Å². The van der Waals surface area contributed by atoms with Gasteiger partial charge in [-0.25, -0.2) is 0 Å². The largest absolute Gasteiger partial charge is 0.398 e. The van der Waals surface area contributed by atoms with E-state index in [0.29, 0.717) is 11.4 Å². The summed E-state index contributed by atoms with van der Waals surface area (Å²) < 4.78 is 0. The van der Waals surface area contributed by atoms with Gasteiger partial charge in [0.15, 0.2) is 0 Å². The number of nitrogen functional groups attached to an aromatic ring is 2. The molecule has 0 bridgehead atoms. The first-order chi connectivity index (χ1) is 5.63. The van der Waals surface area contributed by atoms with Crippen LogP contribution in [0.5, 0.6) is 0 Å². The Morgan fingerprint density at radius 2 is 1.17 bits per heavy atom. The van der Waals surface area contributed by atoms with Gasteiger partial charge in [-0.1, -0.05) is 0 Å². The Kier molecular flexibility index (Phi) is 1.05. The summed E-state index contributed by atoms with van der Waals surface area (Å²) >= 11 is 0. The second kappa shape index (κ2) is 1.85. The number of anilines is 2. The first-order valence-corrected chi connectivity index (χ1v) is 3.40. The minimum Gasteiger partial charge on any atom is -0.398 e. The van der Waals surface area contributed by atoms with E-state index >= 15 is 0 Å². The summed E-state index contributed by atoms with van der Waals surface area (Å²) in [6.07, 6.45) is 0. The fraction of sp³-hybridized carbons (Fsp3) is 0. The Bertz CT molecular complexity index is 486. The predicted octanol–water partition coefficient (Wildman–Crippen LogP) is -0.400. The third-order valence-electron chi connectivity index (χ3n) is 1.93. The molecule has 60 valence electrons. The molecule has 0 aromatic heterocycles. The summed E-state index contributed by atoms with van der Waals surface area (Å²) in [6, 6.07) is 3.05. The van der Waals surface area contributed by atoms with Crippen molar-refractivity contribution in [3.05, 3.63) is 32.6 Å². The molecule has 0 heterocycles. The fourth-order valence-corrected chi connectivity index (χ4v) is 1.29. The Morgan fingerprint density at radius 1 is 0.833 bits per heavy atom. The van der Waals surface area contributed by atoms with Gasteiger partial charge in [0.05, 0.1) is 10.8 Å². The first kappa shape index (κ1) is 6.84. The van der Waals surface area contributed by atoms with E-state index in [4.69, 9.17) is 11.5 Å². The SMILES string of the molecule is Nc1ccc(N)c2c(=O)c(=O)c12. The Morgan fingerprint density at radius 3 is 1.50 bits per heavy atom. The molecule has 4 N–H and O–H groups in total. The minimum atomic E-state index is -0.533. The second-order valence-electron chi connectivity index (χ2n) is 2.65. The van der Waals surface area contributed by atoms with Crippen LogP contribution in [0.3, 0.4) is 0 Å². The van der Waals surface area contributed by atoms with Crippen LogP contribution in [-0.4, -0.2) is 0 Å². The molecule has 0 spiro atoms. The van der Waals surface area contributed by atoms with Crippen LogP contribution in [0.2, 0.25) is 0 Å². The lowest BCUT2D eigenvalue weighted by Crippen LogP contribution is -2.32. The number of hydrogen-bond donors (Lipinski definition) is 2. The van der Waals surface area contributed by atoms with Crippen molar-refractivity contribution < 1.29 is 0 Å². The van der Waals surface area contributed by atoms with Gasteiger partial charge >= 0.3 is 0 Å². The van der Waals surface area contributed by atoms with Crippen molar-refractivity contribution in [1.29, 1.82) is 0 Å². The van der Waals surface area contributed by atoms with Gasteiger partial charge in [-0.3, -0.25) is 9.59 Å². The Balaban J connectivity index is 3.09. The molecule has 0 aliphatic heterocycles. The zero-order valence-corrected chi connectivity index (χ0v) is 6.13. The fourth-order valence-electron chi connectivity index (χ4n) is 1.29. The third kappa shape index (κ3) is 0.567. The molecule has 2 aromatic carbocycles. The smallest absolute Gasteiger partial charge is 0.236 e. The average molecular weight is 162 g/mol. The monoisotopic (exact) mass is 162 g/mol. The van der Waals surface area contributed by atoms with Crippen molar-refractivity contribution in [2.75, 3.05) is 11.5 Å². The molecule has 0 aliphatic rings. The van der Waals surface area contributed by atoms with Gasteiger partial charge in [-0.2, -0.15) is 0 Å². The van der Waals surface area contributed by atoms with Crippen molar-refractivity contribution in [2.45, 2.75) is 0 Å². The normalized spacial score (nSPS) is 11.0. The summed E-state index contributed by atoms with van der Waals surface area (Å²) in [5, 5.41) is 0.556. The van der Waals surface area contributed by atoms with E-state index < -0.39 is 10.9 Å². The lowest BCUT2D eigenvalue weighted by atomic mass is 10.0. The molecule has 0 amide bonds. The van der Waals surface area contributed by atoms with E-state index in [1.807, 2.05) is 0 Å². The van der Waals surface area contributed by atoms with Gasteiger partial charge in [-0.15, -0.1) is 0 Å². The number of rotatable bonds is 0. The quantitative estimate of drug-likeness (QED) is 0.407. The molecule has 4 nitrogen and oxygen atoms in total. The zero-order valence-electron chi connectivity index (χ0n) is 6.13. The molecule has 2 rings (SSSR count). The molecule has 0 saturated heterocycles. The van der Waals surface area contributed by atoms with Gasteiger partial charge in [0.25, 0.3) is 0 Å². The standard InChI is InChI=1S/C8H6N2O2/c9-3-1-2-4(10)6-5(3)7(11)8(6)12/h1-2H,9-10H2. The molecular weight excluding hydrogens is 156 g/mol. The molecule has 2 aromatic rings. The van der Waals surface area contributed by atoms with Gasteiger partial charge in [0.2, 0.25) is 10.9 Å². The highest BCUT2D eigenvalue weighted by Crippen LogP contribution is 2.21. The number of fused-ring (bicyclic) bond motifs is 1. The zero-order chi connectivity index (χ0) is 8.88. The first-order valence-electron chi connectivity index (χ1n) is 3.40. The summed E-state index contributed by atoms with van der Waals surface area (Å²) in [5.41, 5.74) is 10.5. The van der Waals surface area contributed by atoms with Gasteiger partial charge in [-0.05, 0) is 12.1 Å². The van der Waals surface area contributed by atoms with Crippen LogP contribution in [0.15, 0.2) is 21.7 Å². The maximum absolute atomic E-state index is 10.9. The van der Waals surface area contributed by atoms with E-state index in [1.165, 1.54) is 12.1 Å². The van der Waals surface area contributed by atoms with Crippen LogP contribution in [-0.2, 0) is 0 Å². The van der Waals surface area contributed by atoms with E-state index in [0.717, 1.165) is 0 Å². The van der Waals surface area contributed by atoms with Crippen molar-refractivity contribution in [1.82, 2.24) is 0 Å². The predicted molar refractivity (Wildman–Crippen MR) is 47.7 cm³/mol. The van der Waals surface area contributed by atoms with E-state index in [-0.39, 0.29) is 10.8 Å². The molecule has 0 aliphatic carbocycles. The maximum atomic E-state index is 10.9. The lowest BCUT2D eigenvalue weighted by Gasteiger charge is -2.04. The average Bonchev–Trinajstić information content (AvgIpc) is 2.07. The Labute approximate surface area is 67.1 Å². The van der Waals surface area contributed by atoms with Gasteiger partial charge in [0, 0.05) is 11.4 Å². The molecule has 0 radical (unpaired) electrons. The van der Waals surface area contributed by atoms with E-state index in [9.17, 15) is 9.59 Å². The second-order valence-corrected chi connectivity index (χ2v) is 2.65. The molecule has 12 heavy (non-hydrogen) atoms. The van der Waals surface area contributed by atoms with Crippen molar-refractivity contribution in [3.8, 4) is 0 Å². The maximum Gasteiger partial charge on any atom is 0.236 e. The molecule has 0 fully saturated rings. The van der Waals surface area contributed by atoms with Crippen LogP contribution in [0.4, 0.5) is 11.4 Å². The highest BCUT2D eigenvalue weighted by Gasteiger charge is 2.16. The highest BCUT2D eigenvalue weighted by atomic mass is 16.2. The van der Waals surface area contributed by atoms with E-state index in [1.54, 1.807) is 0 Å². The highest BCUT2D eigenvalue weighted by molar-refractivity contribution is 6.03. The topological polar surface area (TPSA) is 86.2 Å². The van der Waals surface area contributed by atoms with E-state index in [2.05, 4.69) is 0 Å². The minimum absolute atomic E-state index is 0.278. The Hall–Kier alpha value is -1.84. The number of nitrogens with two attached hydrogens (primary N) is 2.